The van der Waals surface area contributed by atoms with E-state index >= 15 is 14.4 Å². The number of benzene rings is 5. The summed E-state index contributed by atoms with van der Waals surface area (Å²) < 4.78 is 25.4. The van der Waals surface area contributed by atoms with Crippen LogP contribution in [0, 0.1) is 17.8 Å². The van der Waals surface area contributed by atoms with E-state index in [-0.39, 0.29) is 57.3 Å². The number of aliphatic hydroxyl groups excluding tert-OH is 1. The number of amides is 3. The van der Waals surface area contributed by atoms with Crippen molar-refractivity contribution in [3.8, 4) is 17.6 Å². The summed E-state index contributed by atoms with van der Waals surface area (Å²) in [5.41, 5.74) is 2.30. The lowest BCUT2D eigenvalue weighted by atomic mass is 9.64. The van der Waals surface area contributed by atoms with Gasteiger partial charge in [-0.05, 0) is 70.8 Å². The molecule has 6 unspecified atom stereocenters. The lowest BCUT2D eigenvalue weighted by molar-refractivity contribution is -0.179. The third-order valence-electron chi connectivity index (χ3n) is 14.3. The lowest BCUT2D eigenvalue weighted by Crippen LogP contribution is -2.59. The van der Waals surface area contributed by atoms with E-state index in [0.717, 1.165) is 16.0 Å². The van der Waals surface area contributed by atoms with Gasteiger partial charge in [0.15, 0.2) is 0 Å². The Morgan fingerprint density at radius 3 is 2.27 bits per heavy atom. The molecule has 4 aliphatic rings. The molecule has 1 spiro atoms. The number of cyclic esters (lactones) is 1. The Kier molecular flexibility index (Phi) is 13.3. The number of fused-ring (bicyclic) bond motifs is 4. The first-order valence-corrected chi connectivity index (χ1v) is 24.5. The number of piperazine rings is 1. The Labute approximate surface area is 426 Å². The smallest absolute Gasteiger partial charge is 0.421 e. The van der Waals surface area contributed by atoms with Crippen molar-refractivity contribution in [2.45, 2.75) is 36.2 Å². The average molecular weight is 994 g/mol. The van der Waals surface area contributed by atoms with E-state index in [9.17, 15) is 9.90 Å². The van der Waals surface area contributed by atoms with Crippen molar-refractivity contribution in [3.63, 3.8) is 0 Å². The first kappa shape index (κ1) is 47.8. The van der Waals surface area contributed by atoms with Gasteiger partial charge in [-0.3, -0.25) is 19.3 Å². The van der Waals surface area contributed by atoms with Gasteiger partial charge in [0.05, 0.1) is 42.4 Å². The van der Waals surface area contributed by atoms with Gasteiger partial charge in [0.1, 0.15) is 48.6 Å². The number of rotatable bonds is 12. The molecule has 74 heavy (non-hydrogen) atoms. The number of carbonyl (C=O) groups excluding carboxylic acids is 4. The zero-order valence-electron chi connectivity index (χ0n) is 40.3. The molecule has 4 aliphatic heterocycles. The van der Waals surface area contributed by atoms with Crippen molar-refractivity contribution in [2.24, 2.45) is 5.92 Å². The number of hydrogen-bond donors (Lipinski definition) is 1. The molecule has 1 N–H and O–H groups in total. The minimum atomic E-state index is -2.07. The Bertz CT molecular complexity index is 3270. The van der Waals surface area contributed by atoms with Gasteiger partial charge in [0.2, 0.25) is 17.8 Å². The van der Waals surface area contributed by atoms with Gasteiger partial charge in [0, 0.05) is 51.2 Å². The molecule has 6 atom stereocenters. The van der Waals surface area contributed by atoms with Crippen LogP contribution in [-0.4, -0.2) is 130 Å². The second-order valence-electron chi connectivity index (χ2n) is 18.3. The van der Waals surface area contributed by atoms with Gasteiger partial charge in [0.25, 0.3) is 0 Å². The molecule has 3 fully saturated rings. The van der Waals surface area contributed by atoms with Crippen LogP contribution in [0.4, 0.5) is 16.4 Å². The molecule has 11 rings (SSSR count). The van der Waals surface area contributed by atoms with Crippen LogP contribution < -0.4 is 14.5 Å². The largest absolute Gasteiger partial charge is 0.491 e. The number of carbonyl (C=O) groups is 4. The Morgan fingerprint density at radius 2 is 1.51 bits per heavy atom. The fourth-order valence-corrected chi connectivity index (χ4v) is 11.2. The zero-order valence-corrected chi connectivity index (χ0v) is 40.3. The number of aromatic nitrogens is 5. The van der Waals surface area contributed by atoms with Crippen LogP contribution in [-0.2, 0) is 40.6 Å². The topological polar surface area (TPSA) is 195 Å². The summed E-state index contributed by atoms with van der Waals surface area (Å²) in [6.07, 6.45) is 1.39. The molecule has 18 heteroatoms. The van der Waals surface area contributed by atoms with Crippen molar-refractivity contribution in [2.75, 3.05) is 69.5 Å². The van der Waals surface area contributed by atoms with E-state index in [2.05, 4.69) is 32.1 Å². The summed E-state index contributed by atoms with van der Waals surface area (Å²) in [7, 11) is 1.47. The predicted molar refractivity (Wildman–Crippen MR) is 269 cm³/mol. The normalized spacial score (nSPS) is 22.2. The number of ether oxygens (including phenoxy) is 4. The average Bonchev–Trinajstić information content (AvgIpc) is 4.09. The van der Waals surface area contributed by atoms with Gasteiger partial charge < -0.3 is 33.9 Å². The highest BCUT2D eigenvalue weighted by atomic mass is 16.6. The van der Waals surface area contributed by atoms with E-state index in [1.54, 1.807) is 64.4 Å². The van der Waals surface area contributed by atoms with Crippen LogP contribution in [0.25, 0.3) is 11.0 Å². The van der Waals surface area contributed by atoms with Crippen molar-refractivity contribution >= 4 is 46.5 Å². The number of anilines is 2. The van der Waals surface area contributed by atoms with Crippen LogP contribution in [0.5, 0.6) is 5.75 Å². The van der Waals surface area contributed by atoms with Crippen LogP contribution in [0.2, 0.25) is 0 Å². The van der Waals surface area contributed by atoms with Gasteiger partial charge >= 0.3 is 12.1 Å². The lowest BCUT2D eigenvalue weighted by Gasteiger charge is -2.46. The summed E-state index contributed by atoms with van der Waals surface area (Å²) in [5.74, 6) is 3.87. The summed E-state index contributed by atoms with van der Waals surface area (Å²) in [6, 6.07) is 37.0. The van der Waals surface area contributed by atoms with Gasteiger partial charge in [-0.2, -0.15) is 0 Å². The number of hydrogen-bond acceptors (Lipinski definition) is 15. The quantitative estimate of drug-likeness (QED) is 0.0923. The van der Waals surface area contributed by atoms with E-state index in [1.165, 1.54) is 7.11 Å². The van der Waals surface area contributed by atoms with Crippen molar-refractivity contribution in [1.29, 1.82) is 0 Å². The Morgan fingerprint density at radius 1 is 0.784 bits per heavy atom. The molecule has 3 saturated heterocycles. The number of imide groups is 1. The van der Waals surface area contributed by atoms with E-state index in [1.807, 2.05) is 101 Å². The Hall–Kier alpha value is -8.50. The molecular formula is C56H51N9O9. The second kappa shape index (κ2) is 20.5. The van der Waals surface area contributed by atoms with E-state index < -0.39 is 59.4 Å². The summed E-state index contributed by atoms with van der Waals surface area (Å²) in [4.78, 5) is 78.9. The third-order valence-corrected chi connectivity index (χ3v) is 14.3. The van der Waals surface area contributed by atoms with Crippen molar-refractivity contribution in [1.82, 2.24) is 34.8 Å². The van der Waals surface area contributed by atoms with Gasteiger partial charge in [-0.15, -0.1) is 5.10 Å². The standard InChI is InChI=1S/C56H51N9O9/c1-71-33-34-73-55(70)64-44-23-22-37(13-11-26-63-45-21-9-8-20-43(45)59-60-63)35-42(44)56(53(64)69)46(51(67)61-27-29-62(30-28-61)54-57-24-12-25-58-54)48-52(68)74-49(39-16-6-3-7-17-39)47(38-14-4-2-5-15-38)65(48)50(56)40-18-10-19-41(36-40)72-32-31-66/h2-10,12,14-25,35-36,46-50,66H,26-34H2,1H3. The molecule has 6 heterocycles. The molecule has 0 saturated carbocycles. The summed E-state index contributed by atoms with van der Waals surface area (Å²) in [6.45, 7) is 0.847. The number of esters is 1. The van der Waals surface area contributed by atoms with E-state index in [0.29, 0.717) is 47.0 Å². The monoisotopic (exact) mass is 993 g/mol. The summed E-state index contributed by atoms with van der Waals surface area (Å²) in [5, 5.41) is 18.5. The number of para-hydroxylation sites is 1. The Balaban J connectivity index is 1.15. The highest BCUT2D eigenvalue weighted by molar-refractivity contribution is 6.23. The summed E-state index contributed by atoms with van der Waals surface area (Å²) >= 11 is 0. The predicted octanol–water partition coefficient (Wildman–Crippen LogP) is 5.44. The number of aliphatic hydroxyl groups is 1. The molecule has 0 radical (unpaired) electrons. The first-order valence-electron chi connectivity index (χ1n) is 24.5. The van der Waals surface area contributed by atoms with Crippen LogP contribution in [0.3, 0.4) is 0 Å². The minimum Gasteiger partial charge on any atom is -0.491 e. The first-order chi connectivity index (χ1) is 36.3. The second-order valence-corrected chi connectivity index (χ2v) is 18.3. The minimum absolute atomic E-state index is 0.0307. The maximum atomic E-state index is 16.7. The number of morpholine rings is 1. The molecule has 0 bridgehead atoms. The van der Waals surface area contributed by atoms with Crippen molar-refractivity contribution < 1.29 is 43.2 Å². The maximum Gasteiger partial charge on any atom is 0.421 e. The fourth-order valence-electron chi connectivity index (χ4n) is 11.2. The van der Waals surface area contributed by atoms with E-state index in [4.69, 9.17) is 18.9 Å². The number of methoxy groups -OCH3 is 1. The molecule has 374 valence electrons. The molecule has 3 amide bonds. The SMILES string of the molecule is COCCOC(=O)N1C(=O)C2(c3cc(C#CCn4nnc5ccccc54)ccc31)C(C(=O)N1CCN(c3ncccn3)CC1)C1C(=O)OC(c3ccccc3)C(c3ccccc3)N1C2c1cccc(OCCO)c1. The molecular weight excluding hydrogens is 943 g/mol. The molecule has 18 nitrogen and oxygen atoms in total. The zero-order chi connectivity index (χ0) is 50.8. The molecule has 5 aromatic carbocycles. The molecule has 0 aliphatic carbocycles. The molecule has 2 aromatic heterocycles. The number of nitrogens with zero attached hydrogens (tertiary/aromatic N) is 9. The van der Waals surface area contributed by atoms with Crippen LogP contribution in [0.15, 0.2) is 146 Å². The maximum absolute atomic E-state index is 16.7. The van der Waals surface area contributed by atoms with Gasteiger partial charge in [-0.1, -0.05) is 102 Å². The van der Waals surface area contributed by atoms with Crippen LogP contribution in [0.1, 0.15) is 46.0 Å². The van der Waals surface area contributed by atoms with Crippen LogP contribution >= 0.6 is 0 Å². The fraction of sp³-hybridized carbons (Fsp3) is 0.286. The van der Waals surface area contributed by atoms with Crippen molar-refractivity contribution in [3.05, 3.63) is 174 Å². The third kappa shape index (κ3) is 8.43. The highest BCUT2D eigenvalue weighted by Crippen LogP contribution is 2.66. The van der Waals surface area contributed by atoms with Gasteiger partial charge in [-0.25, -0.2) is 24.3 Å². The molecule has 7 aromatic rings. The highest BCUT2D eigenvalue weighted by Gasteiger charge is 2.76.